The summed E-state index contributed by atoms with van der Waals surface area (Å²) in [5.41, 5.74) is 5.13. The molecule has 1 aromatic carbocycles. The first-order chi connectivity index (χ1) is 9.16. The van der Waals surface area contributed by atoms with E-state index in [-0.39, 0.29) is 6.03 Å². The number of hydrogen-bond acceptors (Lipinski definition) is 2. The maximum Gasteiger partial charge on any atom is 0.339 e. The third-order valence-electron chi connectivity index (χ3n) is 2.91. The summed E-state index contributed by atoms with van der Waals surface area (Å²) in [5, 5.41) is 6.84. The first-order valence-electron chi connectivity index (χ1n) is 6.09. The summed E-state index contributed by atoms with van der Waals surface area (Å²) in [5.74, 6) is 0. The highest BCUT2D eigenvalue weighted by molar-refractivity contribution is 6.40. The molecule has 19 heavy (non-hydrogen) atoms. The molecule has 0 spiro atoms. The van der Waals surface area contributed by atoms with Crippen LogP contribution in [0.5, 0.6) is 0 Å². The van der Waals surface area contributed by atoms with Crippen molar-refractivity contribution in [1.29, 1.82) is 0 Å². The smallest absolute Gasteiger partial charge is 0.307 e. The molecule has 2 N–H and O–H groups in total. The molecule has 0 radical (unpaired) electrons. The predicted molar refractivity (Wildman–Crippen MR) is 76.7 cm³/mol. The zero-order valence-electron chi connectivity index (χ0n) is 11.1. The van der Waals surface area contributed by atoms with E-state index in [0.717, 1.165) is 23.5 Å². The van der Waals surface area contributed by atoms with Crippen molar-refractivity contribution in [3.8, 4) is 0 Å². The second kappa shape index (κ2) is 5.95. The van der Waals surface area contributed by atoms with Gasteiger partial charge in [-0.05, 0) is 18.2 Å². The summed E-state index contributed by atoms with van der Waals surface area (Å²) in [6.45, 7) is 1.97. The fourth-order valence-corrected chi connectivity index (χ4v) is 1.71. The fraction of sp³-hybridized carbons (Fsp3) is 0.214. The van der Waals surface area contributed by atoms with Crippen LogP contribution in [0.15, 0.2) is 47.7 Å². The molecular formula is C14H17N4O+. The van der Waals surface area contributed by atoms with Gasteiger partial charge < -0.3 is 5.32 Å². The van der Waals surface area contributed by atoms with Gasteiger partial charge in [-0.3, -0.25) is 0 Å². The summed E-state index contributed by atoms with van der Waals surface area (Å²) >= 11 is 0. The number of carbonyl (C=O) groups excluding carboxylic acids is 1. The van der Waals surface area contributed by atoms with Crippen LogP contribution >= 0.6 is 0 Å². The van der Waals surface area contributed by atoms with Crippen molar-refractivity contribution < 1.29 is 9.37 Å². The normalized spacial score (nSPS) is 16.6. The van der Waals surface area contributed by atoms with E-state index in [1.54, 1.807) is 0 Å². The Morgan fingerprint density at radius 3 is 2.79 bits per heavy atom. The molecule has 1 aliphatic rings. The monoisotopic (exact) mass is 257 g/mol. The Hall–Kier alpha value is -2.43. The number of para-hydroxylation sites is 1. The number of urea groups is 1. The molecule has 0 saturated heterocycles. The maximum absolute atomic E-state index is 11.7. The molecular weight excluding hydrogens is 240 g/mol. The average Bonchev–Trinajstić information content (AvgIpc) is 2.42. The lowest BCUT2D eigenvalue weighted by atomic mass is 10.1. The Labute approximate surface area is 112 Å². The minimum absolute atomic E-state index is 0.344. The van der Waals surface area contributed by atoms with Crippen molar-refractivity contribution in [1.82, 2.24) is 5.43 Å². The molecule has 0 unspecified atom stereocenters. The minimum Gasteiger partial charge on any atom is -0.307 e. The van der Waals surface area contributed by atoms with Gasteiger partial charge in [-0.1, -0.05) is 18.2 Å². The molecule has 5 nitrogen and oxygen atoms in total. The average molecular weight is 257 g/mol. The number of amides is 2. The van der Waals surface area contributed by atoms with Crippen LogP contribution in [-0.4, -0.2) is 29.1 Å². The SMILES string of the molecule is CC1=[N+](C)C=CCC1=NNC(=O)Nc1ccccc1. The number of nitrogens with one attached hydrogen (secondary N) is 2. The van der Waals surface area contributed by atoms with Crippen LogP contribution in [0.3, 0.4) is 0 Å². The van der Waals surface area contributed by atoms with Gasteiger partial charge in [0.25, 0.3) is 0 Å². The first-order valence-corrected chi connectivity index (χ1v) is 6.09. The number of rotatable bonds is 2. The van der Waals surface area contributed by atoms with Gasteiger partial charge in [0.1, 0.15) is 12.8 Å². The molecule has 2 rings (SSSR count). The van der Waals surface area contributed by atoms with E-state index in [2.05, 4.69) is 15.8 Å². The molecule has 5 heteroatoms. The highest BCUT2D eigenvalue weighted by Crippen LogP contribution is 2.04. The number of anilines is 1. The van der Waals surface area contributed by atoms with E-state index >= 15 is 0 Å². The van der Waals surface area contributed by atoms with Crippen LogP contribution in [0.4, 0.5) is 10.5 Å². The van der Waals surface area contributed by atoms with Crippen molar-refractivity contribution in [3.63, 3.8) is 0 Å². The molecule has 2 amide bonds. The number of hydrogen-bond donors (Lipinski definition) is 2. The van der Waals surface area contributed by atoms with Gasteiger partial charge in [0, 0.05) is 19.0 Å². The van der Waals surface area contributed by atoms with E-state index in [4.69, 9.17) is 0 Å². The van der Waals surface area contributed by atoms with Crippen LogP contribution in [0, 0.1) is 0 Å². The molecule has 0 saturated carbocycles. The fourth-order valence-electron chi connectivity index (χ4n) is 1.71. The van der Waals surface area contributed by atoms with E-state index in [1.807, 2.05) is 61.2 Å². The largest absolute Gasteiger partial charge is 0.339 e. The van der Waals surface area contributed by atoms with E-state index < -0.39 is 0 Å². The summed E-state index contributed by atoms with van der Waals surface area (Å²) in [6, 6.07) is 8.92. The first kappa shape index (κ1) is 13.0. The van der Waals surface area contributed by atoms with E-state index in [9.17, 15) is 4.79 Å². The summed E-state index contributed by atoms with van der Waals surface area (Å²) < 4.78 is 1.97. The zero-order valence-corrected chi connectivity index (χ0v) is 11.1. The summed E-state index contributed by atoms with van der Waals surface area (Å²) in [6.07, 6.45) is 4.71. The Kier molecular flexibility index (Phi) is 4.07. The van der Waals surface area contributed by atoms with Crippen LogP contribution in [-0.2, 0) is 0 Å². The molecule has 1 aromatic rings. The number of nitrogens with zero attached hydrogens (tertiary/aromatic N) is 2. The maximum atomic E-state index is 11.7. The van der Waals surface area contributed by atoms with E-state index in [1.165, 1.54) is 0 Å². The van der Waals surface area contributed by atoms with Crippen LogP contribution in [0.1, 0.15) is 13.3 Å². The Morgan fingerprint density at radius 1 is 1.32 bits per heavy atom. The second-order valence-corrected chi connectivity index (χ2v) is 4.28. The Morgan fingerprint density at radius 2 is 2.05 bits per heavy atom. The van der Waals surface area contributed by atoms with Gasteiger partial charge in [-0.25, -0.2) is 14.8 Å². The number of hydrazone groups is 1. The topological polar surface area (TPSA) is 56.5 Å². The van der Waals surface area contributed by atoms with Gasteiger partial charge in [0.05, 0.1) is 0 Å². The highest BCUT2D eigenvalue weighted by Gasteiger charge is 2.15. The van der Waals surface area contributed by atoms with Gasteiger partial charge in [-0.15, -0.1) is 0 Å². The van der Waals surface area contributed by atoms with Crippen molar-refractivity contribution in [2.75, 3.05) is 12.4 Å². The van der Waals surface area contributed by atoms with Crippen LogP contribution < -0.4 is 10.7 Å². The molecule has 1 aliphatic heterocycles. The van der Waals surface area contributed by atoms with Gasteiger partial charge >= 0.3 is 6.03 Å². The summed E-state index contributed by atoms with van der Waals surface area (Å²) in [7, 11) is 1.95. The standard InChI is InChI=1S/C14H16N4O/c1-11-13(9-6-10-18(11)2)16-17-14(19)15-12-7-4-3-5-8-12/h3-8,10H,9H2,1-2H3,(H,15,19)/p+1. The second-order valence-electron chi connectivity index (χ2n) is 4.28. The third-order valence-corrected chi connectivity index (χ3v) is 2.91. The van der Waals surface area contributed by atoms with Gasteiger partial charge in [0.2, 0.25) is 5.71 Å². The number of carbonyl (C=O) groups is 1. The van der Waals surface area contributed by atoms with Gasteiger partial charge in [-0.2, -0.15) is 5.10 Å². The molecule has 0 aromatic heterocycles. The summed E-state index contributed by atoms with van der Waals surface area (Å²) in [4.78, 5) is 11.7. The highest BCUT2D eigenvalue weighted by atomic mass is 16.2. The van der Waals surface area contributed by atoms with Gasteiger partial charge in [0.15, 0.2) is 6.20 Å². The lowest BCUT2D eigenvalue weighted by Gasteiger charge is -2.07. The molecule has 98 valence electrons. The van der Waals surface area contributed by atoms with Crippen molar-refractivity contribution in [3.05, 3.63) is 42.6 Å². The third kappa shape index (κ3) is 3.51. The van der Waals surface area contributed by atoms with Crippen LogP contribution in [0.2, 0.25) is 0 Å². The molecule has 0 bridgehead atoms. The lowest BCUT2D eigenvalue weighted by Crippen LogP contribution is -2.29. The zero-order chi connectivity index (χ0) is 13.7. The molecule has 0 aliphatic carbocycles. The van der Waals surface area contributed by atoms with Crippen molar-refractivity contribution in [2.45, 2.75) is 13.3 Å². The quantitative estimate of drug-likeness (QED) is 0.619. The van der Waals surface area contributed by atoms with Crippen molar-refractivity contribution in [2.24, 2.45) is 5.10 Å². The molecule has 1 heterocycles. The van der Waals surface area contributed by atoms with Crippen molar-refractivity contribution >= 4 is 23.1 Å². The Bertz CT molecular complexity index is 558. The predicted octanol–water partition coefficient (Wildman–Crippen LogP) is 2.18. The minimum atomic E-state index is -0.344. The molecule has 0 fully saturated rings. The number of benzene rings is 1. The van der Waals surface area contributed by atoms with Crippen LogP contribution in [0.25, 0.3) is 0 Å². The molecule has 0 atom stereocenters. The Balaban J connectivity index is 1.96. The van der Waals surface area contributed by atoms with E-state index in [0.29, 0.717) is 0 Å². The number of allylic oxidation sites excluding steroid dienone is 1. The lowest BCUT2D eigenvalue weighted by molar-refractivity contribution is -0.421.